The van der Waals surface area contributed by atoms with Gasteiger partial charge in [0, 0.05) is 24.2 Å². The molecule has 0 saturated heterocycles. The number of carbonyl (C=O) groups is 3. The first-order valence-electron chi connectivity index (χ1n) is 13.0. The number of benzene rings is 3. The van der Waals surface area contributed by atoms with Crippen LogP contribution in [-0.2, 0) is 21.5 Å². The molecule has 0 bridgehead atoms. The van der Waals surface area contributed by atoms with Gasteiger partial charge >= 0.3 is 6.16 Å². The molecule has 0 aliphatic heterocycles. The smallest absolute Gasteiger partial charge is 0.494 e. The summed E-state index contributed by atoms with van der Waals surface area (Å²) in [6.07, 6.45) is 0.198. The first kappa shape index (κ1) is 29.2. The molecule has 39 heavy (non-hydrogen) atoms. The lowest BCUT2D eigenvalue weighted by Crippen LogP contribution is -2.23. The summed E-state index contributed by atoms with van der Waals surface area (Å²) in [6, 6.07) is 21.5. The number of rotatable bonds is 11. The molecule has 0 heterocycles. The molecule has 0 aliphatic rings. The molecule has 8 heteroatoms. The van der Waals surface area contributed by atoms with Gasteiger partial charge in [-0.25, -0.2) is 4.79 Å². The summed E-state index contributed by atoms with van der Waals surface area (Å²) in [5, 5.41) is 5.72. The SMILES string of the molecule is CCOC(=O)Oc1ccc(C(=O)Nc2ccc(CNC(=O)CCCOc3ccc(C(C)(C)C)cc3)cc2)cc1. The van der Waals surface area contributed by atoms with E-state index in [-0.39, 0.29) is 29.6 Å². The molecule has 2 N–H and O–H groups in total. The molecule has 0 spiro atoms. The molecule has 0 unspecified atom stereocenters. The third-order valence-electron chi connectivity index (χ3n) is 5.82. The molecule has 0 radical (unpaired) electrons. The van der Waals surface area contributed by atoms with Crippen LogP contribution in [0.15, 0.2) is 72.8 Å². The second-order valence-corrected chi connectivity index (χ2v) is 9.96. The molecule has 8 nitrogen and oxygen atoms in total. The Morgan fingerprint density at radius 2 is 1.46 bits per heavy atom. The minimum absolute atomic E-state index is 0.0468. The van der Waals surface area contributed by atoms with Gasteiger partial charge in [-0.2, -0.15) is 0 Å². The number of carbonyl (C=O) groups excluding carboxylic acids is 3. The largest absolute Gasteiger partial charge is 0.513 e. The molecule has 3 aromatic rings. The predicted octanol–water partition coefficient (Wildman–Crippen LogP) is 6.25. The van der Waals surface area contributed by atoms with Crippen molar-refractivity contribution < 1.29 is 28.6 Å². The van der Waals surface area contributed by atoms with E-state index in [4.69, 9.17) is 14.2 Å². The molecule has 3 aromatic carbocycles. The molecular formula is C31H36N2O6. The van der Waals surface area contributed by atoms with Crippen LogP contribution in [0.1, 0.15) is 62.0 Å². The van der Waals surface area contributed by atoms with E-state index >= 15 is 0 Å². The molecular weight excluding hydrogens is 496 g/mol. The van der Waals surface area contributed by atoms with Gasteiger partial charge in [-0.15, -0.1) is 0 Å². The molecule has 0 fully saturated rings. The topological polar surface area (TPSA) is 103 Å². The van der Waals surface area contributed by atoms with Gasteiger partial charge in [0.2, 0.25) is 5.91 Å². The van der Waals surface area contributed by atoms with Crippen LogP contribution in [0.3, 0.4) is 0 Å². The van der Waals surface area contributed by atoms with Crippen LogP contribution in [0, 0.1) is 0 Å². The summed E-state index contributed by atoms with van der Waals surface area (Å²) in [4.78, 5) is 36.1. The fourth-order valence-corrected chi connectivity index (χ4v) is 3.59. The maximum atomic E-state index is 12.5. The van der Waals surface area contributed by atoms with Crippen molar-refractivity contribution >= 4 is 23.7 Å². The quantitative estimate of drug-likeness (QED) is 0.172. The van der Waals surface area contributed by atoms with Crippen LogP contribution in [0.25, 0.3) is 0 Å². The van der Waals surface area contributed by atoms with Gasteiger partial charge in [-0.1, -0.05) is 45.0 Å². The van der Waals surface area contributed by atoms with Crippen molar-refractivity contribution in [3.63, 3.8) is 0 Å². The van der Waals surface area contributed by atoms with E-state index in [0.717, 1.165) is 11.3 Å². The summed E-state index contributed by atoms with van der Waals surface area (Å²) in [5.41, 5.74) is 3.29. The fourth-order valence-electron chi connectivity index (χ4n) is 3.59. The number of nitrogens with one attached hydrogen (secondary N) is 2. The Kier molecular flexibility index (Phi) is 10.5. The van der Waals surface area contributed by atoms with Crippen LogP contribution in [0.4, 0.5) is 10.5 Å². The lowest BCUT2D eigenvalue weighted by atomic mass is 9.87. The van der Waals surface area contributed by atoms with E-state index in [1.54, 1.807) is 31.2 Å². The highest BCUT2D eigenvalue weighted by Gasteiger charge is 2.13. The summed E-state index contributed by atoms with van der Waals surface area (Å²) in [6.45, 7) is 9.27. The van der Waals surface area contributed by atoms with E-state index in [0.29, 0.717) is 37.2 Å². The van der Waals surface area contributed by atoms with Gasteiger partial charge in [0.05, 0.1) is 13.2 Å². The minimum atomic E-state index is -0.794. The molecule has 206 valence electrons. The average Bonchev–Trinajstić information content (AvgIpc) is 2.91. The van der Waals surface area contributed by atoms with Crippen molar-refractivity contribution in [2.75, 3.05) is 18.5 Å². The number of anilines is 1. The van der Waals surface area contributed by atoms with Crippen LogP contribution in [0.2, 0.25) is 0 Å². The zero-order valence-corrected chi connectivity index (χ0v) is 22.9. The lowest BCUT2D eigenvalue weighted by molar-refractivity contribution is -0.121. The number of hydrogen-bond donors (Lipinski definition) is 2. The Hall–Kier alpha value is -4.33. The zero-order valence-electron chi connectivity index (χ0n) is 22.9. The van der Waals surface area contributed by atoms with Crippen LogP contribution in [0.5, 0.6) is 11.5 Å². The maximum absolute atomic E-state index is 12.5. The number of amides is 2. The van der Waals surface area contributed by atoms with Crippen molar-refractivity contribution in [1.82, 2.24) is 5.32 Å². The van der Waals surface area contributed by atoms with Crippen molar-refractivity contribution in [3.8, 4) is 11.5 Å². The third kappa shape index (κ3) is 9.81. The van der Waals surface area contributed by atoms with Crippen LogP contribution < -0.4 is 20.1 Å². The van der Waals surface area contributed by atoms with Gasteiger partial charge < -0.3 is 24.8 Å². The van der Waals surface area contributed by atoms with Crippen LogP contribution in [-0.4, -0.2) is 31.2 Å². The predicted molar refractivity (Wildman–Crippen MR) is 150 cm³/mol. The highest BCUT2D eigenvalue weighted by Crippen LogP contribution is 2.24. The Balaban J connectivity index is 1.36. The Morgan fingerprint density at radius 3 is 2.08 bits per heavy atom. The van der Waals surface area contributed by atoms with E-state index < -0.39 is 6.16 Å². The first-order chi connectivity index (χ1) is 18.6. The second-order valence-electron chi connectivity index (χ2n) is 9.96. The Bertz CT molecular complexity index is 1230. The molecule has 0 aliphatic carbocycles. The van der Waals surface area contributed by atoms with Gasteiger partial charge in [0.1, 0.15) is 11.5 Å². The molecule has 2 amide bonds. The van der Waals surface area contributed by atoms with Gasteiger partial charge in [-0.3, -0.25) is 9.59 Å². The van der Waals surface area contributed by atoms with Gasteiger partial charge in [-0.05, 0) is 78.4 Å². The van der Waals surface area contributed by atoms with Crippen molar-refractivity contribution in [3.05, 3.63) is 89.5 Å². The molecule has 0 aromatic heterocycles. The van der Waals surface area contributed by atoms with Crippen molar-refractivity contribution in [2.45, 2.75) is 52.5 Å². The second kappa shape index (κ2) is 14.0. The first-order valence-corrected chi connectivity index (χ1v) is 13.0. The third-order valence-corrected chi connectivity index (χ3v) is 5.82. The molecule has 0 saturated carbocycles. The fraction of sp³-hybridized carbons (Fsp3) is 0.323. The summed E-state index contributed by atoms with van der Waals surface area (Å²) < 4.78 is 15.5. The minimum Gasteiger partial charge on any atom is -0.494 e. The van der Waals surface area contributed by atoms with Gasteiger partial charge in [0.15, 0.2) is 0 Å². The van der Waals surface area contributed by atoms with Gasteiger partial charge in [0.25, 0.3) is 5.91 Å². The highest BCUT2D eigenvalue weighted by molar-refractivity contribution is 6.04. The summed E-state index contributed by atoms with van der Waals surface area (Å²) >= 11 is 0. The highest BCUT2D eigenvalue weighted by atomic mass is 16.7. The van der Waals surface area contributed by atoms with Crippen molar-refractivity contribution in [2.24, 2.45) is 0 Å². The van der Waals surface area contributed by atoms with E-state index in [1.165, 1.54) is 17.7 Å². The maximum Gasteiger partial charge on any atom is 0.513 e. The van der Waals surface area contributed by atoms with Crippen molar-refractivity contribution in [1.29, 1.82) is 0 Å². The molecule has 0 atom stereocenters. The molecule has 3 rings (SSSR count). The number of ether oxygens (including phenoxy) is 3. The van der Waals surface area contributed by atoms with E-state index in [1.807, 2.05) is 24.3 Å². The standard InChI is InChI=1S/C31H36N2O6/c1-5-37-30(36)39-27-16-10-23(11-17-27)29(35)33-25-14-8-22(9-15-25)21-32-28(34)7-6-20-38-26-18-12-24(13-19-26)31(2,3)4/h8-19H,5-7,20-21H2,1-4H3,(H,32,34)(H,33,35). The Morgan fingerprint density at radius 1 is 0.821 bits per heavy atom. The lowest BCUT2D eigenvalue weighted by Gasteiger charge is -2.19. The monoisotopic (exact) mass is 532 g/mol. The van der Waals surface area contributed by atoms with E-state index in [2.05, 4.69) is 43.5 Å². The zero-order chi connectivity index (χ0) is 28.3. The normalized spacial score (nSPS) is 10.9. The summed E-state index contributed by atoms with van der Waals surface area (Å²) in [5.74, 6) is 0.742. The average molecular weight is 533 g/mol. The van der Waals surface area contributed by atoms with Crippen LogP contribution >= 0.6 is 0 Å². The Labute approximate surface area is 229 Å². The summed E-state index contributed by atoms with van der Waals surface area (Å²) in [7, 11) is 0. The number of hydrogen-bond acceptors (Lipinski definition) is 6. The van der Waals surface area contributed by atoms with E-state index in [9.17, 15) is 14.4 Å².